The van der Waals surface area contributed by atoms with E-state index in [4.69, 9.17) is 4.98 Å². The third-order valence-electron chi connectivity index (χ3n) is 7.25. The quantitative estimate of drug-likeness (QED) is 0.304. The fourth-order valence-corrected chi connectivity index (χ4v) is 5.64. The Morgan fingerprint density at radius 1 is 1.33 bits per heavy atom. The van der Waals surface area contributed by atoms with Crippen molar-refractivity contribution in [3.63, 3.8) is 0 Å². The number of nitrogens with one attached hydrogen (secondary N) is 3. The molecule has 9 nitrogen and oxygen atoms in total. The molecule has 4 heterocycles. The van der Waals surface area contributed by atoms with Gasteiger partial charge in [-0.05, 0) is 76.0 Å². The first-order valence-corrected chi connectivity index (χ1v) is 14.6. The van der Waals surface area contributed by atoms with Crippen LogP contribution in [0.3, 0.4) is 0 Å². The van der Waals surface area contributed by atoms with Crippen molar-refractivity contribution in [3.05, 3.63) is 52.7 Å². The second-order valence-corrected chi connectivity index (χ2v) is 11.4. The van der Waals surface area contributed by atoms with Crippen molar-refractivity contribution in [2.45, 2.75) is 65.0 Å². The van der Waals surface area contributed by atoms with E-state index in [-0.39, 0.29) is 17.9 Å². The number of thiophene rings is 1. The van der Waals surface area contributed by atoms with Gasteiger partial charge >= 0.3 is 0 Å². The van der Waals surface area contributed by atoms with Crippen molar-refractivity contribution in [2.24, 2.45) is 0 Å². The Labute approximate surface area is 233 Å². The van der Waals surface area contributed by atoms with E-state index in [0.717, 1.165) is 72.8 Å². The third kappa shape index (κ3) is 6.39. The van der Waals surface area contributed by atoms with Crippen molar-refractivity contribution in [3.8, 4) is 10.6 Å². The first-order chi connectivity index (χ1) is 18.8. The second kappa shape index (κ2) is 11.7. The van der Waals surface area contributed by atoms with E-state index in [1.165, 1.54) is 11.3 Å². The summed E-state index contributed by atoms with van der Waals surface area (Å²) in [7, 11) is 0. The fraction of sp³-hybridized carbons (Fsp3) is 0.448. The van der Waals surface area contributed by atoms with Crippen LogP contribution in [0.25, 0.3) is 22.3 Å². The van der Waals surface area contributed by atoms with Crippen molar-refractivity contribution in [2.75, 3.05) is 25.0 Å². The van der Waals surface area contributed by atoms with Gasteiger partial charge < -0.3 is 20.9 Å². The summed E-state index contributed by atoms with van der Waals surface area (Å²) in [6.07, 6.45) is 8.24. The monoisotopic (exact) mass is 547 g/mol. The van der Waals surface area contributed by atoms with E-state index in [2.05, 4.69) is 53.3 Å². The molecule has 1 aliphatic carbocycles. The number of fused-ring (bicyclic) bond motifs is 1. The minimum Gasteiger partial charge on any atom is -0.367 e. The lowest BCUT2D eigenvalue weighted by atomic mass is 10.1. The highest BCUT2D eigenvalue weighted by molar-refractivity contribution is 7.17. The highest BCUT2D eigenvalue weighted by Crippen LogP contribution is 2.33. The summed E-state index contributed by atoms with van der Waals surface area (Å²) in [4.78, 5) is 33.7. The van der Waals surface area contributed by atoms with E-state index in [1.54, 1.807) is 6.20 Å². The largest absolute Gasteiger partial charge is 0.367 e. The molecule has 39 heavy (non-hydrogen) atoms. The van der Waals surface area contributed by atoms with Crippen LogP contribution in [0.2, 0.25) is 0 Å². The molecule has 0 radical (unpaired) electrons. The molecular formula is C29H37N7O2S. The first kappa shape index (κ1) is 27.1. The highest BCUT2D eigenvalue weighted by Gasteiger charge is 2.24. The molecule has 2 aliphatic rings. The lowest BCUT2D eigenvalue weighted by Crippen LogP contribution is -2.33. The first-order valence-electron chi connectivity index (χ1n) is 13.8. The van der Waals surface area contributed by atoms with E-state index in [0.29, 0.717) is 28.7 Å². The molecule has 206 valence electrons. The molecule has 1 atom stereocenters. The molecule has 5 rings (SSSR count). The molecule has 0 aromatic carbocycles. The van der Waals surface area contributed by atoms with Crippen LogP contribution in [0.1, 0.15) is 68.1 Å². The number of hydrogen-bond donors (Lipinski definition) is 3. The Hall–Kier alpha value is -3.50. The summed E-state index contributed by atoms with van der Waals surface area (Å²) in [6, 6.07) is 6.37. The zero-order valence-electron chi connectivity index (χ0n) is 22.9. The molecular weight excluding hydrogens is 510 g/mol. The molecule has 1 saturated heterocycles. The average Bonchev–Trinajstić information content (AvgIpc) is 3.29. The second-order valence-electron chi connectivity index (χ2n) is 10.4. The molecule has 10 heteroatoms. The zero-order chi connectivity index (χ0) is 27.5. The molecule has 3 aromatic heterocycles. The minimum atomic E-state index is -0.0601. The van der Waals surface area contributed by atoms with Crippen LogP contribution in [-0.2, 0) is 4.79 Å². The van der Waals surface area contributed by atoms with Crippen LogP contribution in [0, 0.1) is 0 Å². The van der Waals surface area contributed by atoms with Crippen molar-refractivity contribution >= 4 is 40.7 Å². The van der Waals surface area contributed by atoms with Crippen molar-refractivity contribution in [1.29, 1.82) is 0 Å². The Balaban J connectivity index is 1.35. The molecule has 0 bridgehead atoms. The Morgan fingerprint density at radius 2 is 2.13 bits per heavy atom. The van der Waals surface area contributed by atoms with Crippen LogP contribution in [-0.4, -0.2) is 63.0 Å². The number of nitrogens with zero attached hydrogens (tertiary/aromatic N) is 4. The summed E-state index contributed by atoms with van der Waals surface area (Å²) in [5.41, 5.74) is 3.73. The van der Waals surface area contributed by atoms with Crippen LogP contribution in [0.15, 0.2) is 42.2 Å². The van der Waals surface area contributed by atoms with Crippen molar-refractivity contribution in [1.82, 2.24) is 30.1 Å². The Kier molecular flexibility index (Phi) is 8.13. The van der Waals surface area contributed by atoms with Gasteiger partial charge in [0.15, 0.2) is 5.65 Å². The van der Waals surface area contributed by atoms with Gasteiger partial charge in [-0.1, -0.05) is 20.4 Å². The van der Waals surface area contributed by atoms with Gasteiger partial charge in [0, 0.05) is 29.4 Å². The van der Waals surface area contributed by atoms with Crippen LogP contribution in [0.5, 0.6) is 0 Å². The normalized spacial score (nSPS) is 17.3. The summed E-state index contributed by atoms with van der Waals surface area (Å²) < 4.78 is 1.81. The summed E-state index contributed by atoms with van der Waals surface area (Å²) in [5.74, 6) is 0.753. The molecule has 1 saturated carbocycles. The minimum absolute atomic E-state index is 0.0503. The van der Waals surface area contributed by atoms with Crippen LogP contribution >= 0.6 is 11.3 Å². The topological polar surface area (TPSA) is 104 Å². The van der Waals surface area contributed by atoms with Crippen molar-refractivity contribution < 1.29 is 9.59 Å². The fourth-order valence-electron chi connectivity index (χ4n) is 4.77. The van der Waals surface area contributed by atoms with Gasteiger partial charge in [-0.3, -0.25) is 9.59 Å². The number of aromatic nitrogens is 3. The summed E-state index contributed by atoms with van der Waals surface area (Å²) in [5, 5.41) is 14.1. The van der Waals surface area contributed by atoms with Crippen LogP contribution < -0.4 is 16.0 Å². The Bertz CT molecular complexity index is 1410. The number of rotatable bonds is 12. The van der Waals surface area contributed by atoms with Gasteiger partial charge in [-0.15, -0.1) is 11.3 Å². The van der Waals surface area contributed by atoms with Gasteiger partial charge in [0.05, 0.1) is 28.1 Å². The molecule has 1 aliphatic heterocycles. The number of anilines is 1. The number of hydrogen-bond acceptors (Lipinski definition) is 7. The van der Waals surface area contributed by atoms with E-state index in [1.807, 2.05) is 28.8 Å². The zero-order valence-corrected chi connectivity index (χ0v) is 23.7. The maximum absolute atomic E-state index is 13.0. The van der Waals surface area contributed by atoms with E-state index < -0.39 is 0 Å². The van der Waals surface area contributed by atoms with Gasteiger partial charge in [0.1, 0.15) is 5.82 Å². The number of allylic oxidation sites excluding steroid dienone is 1. The smallest absolute Gasteiger partial charge is 0.261 e. The van der Waals surface area contributed by atoms with Gasteiger partial charge in [-0.2, -0.15) is 9.61 Å². The highest BCUT2D eigenvalue weighted by atomic mass is 32.1. The standard InChI is InChI=1S/C29H37N7O2S/c1-5-35(6-2)13-7-8-18(3)31-29(38)25-12-11-24(39-25)23-16-26(33-22-9-10-22)36-28(34-23)21(17-30-36)14-20-15-27(37)32-19(20)4/h11-12,14,16-18,22,33H,4-10,13,15H2,1-3H3,(H,31,38)(H,32,37)/b20-14+. The SMILES string of the molecule is C=C1NC(=O)C/C1=C\c1cnn2c(NC3CC3)cc(-c3ccc(C(=O)NC(C)CCCN(CC)CC)s3)nc12. The molecule has 2 amide bonds. The van der Waals surface area contributed by atoms with Gasteiger partial charge in [-0.25, -0.2) is 4.98 Å². The average molecular weight is 548 g/mol. The predicted octanol–water partition coefficient (Wildman–Crippen LogP) is 4.69. The van der Waals surface area contributed by atoms with E-state index in [9.17, 15) is 9.59 Å². The summed E-state index contributed by atoms with van der Waals surface area (Å²) in [6.45, 7) is 13.5. The lowest BCUT2D eigenvalue weighted by Gasteiger charge is -2.19. The lowest BCUT2D eigenvalue weighted by molar-refractivity contribution is -0.118. The number of carbonyl (C=O) groups excluding carboxylic acids is 2. The van der Waals surface area contributed by atoms with Gasteiger partial charge in [0.25, 0.3) is 5.91 Å². The summed E-state index contributed by atoms with van der Waals surface area (Å²) >= 11 is 1.44. The molecule has 3 aromatic rings. The Morgan fingerprint density at radius 3 is 2.82 bits per heavy atom. The maximum atomic E-state index is 13.0. The molecule has 3 N–H and O–H groups in total. The maximum Gasteiger partial charge on any atom is 0.261 e. The van der Waals surface area contributed by atoms with E-state index >= 15 is 0 Å². The molecule has 1 unspecified atom stereocenters. The number of carbonyl (C=O) groups is 2. The predicted molar refractivity (Wildman–Crippen MR) is 157 cm³/mol. The molecule has 2 fully saturated rings. The number of amides is 2. The molecule has 0 spiro atoms. The van der Waals surface area contributed by atoms with Gasteiger partial charge in [0.2, 0.25) is 5.91 Å². The third-order valence-corrected chi connectivity index (χ3v) is 8.36. The van der Waals surface area contributed by atoms with Crippen LogP contribution in [0.4, 0.5) is 5.82 Å².